The molecule has 1 aliphatic rings. The molecule has 2 rings (SSSR count). The van der Waals surface area contributed by atoms with E-state index in [9.17, 15) is 14.4 Å². The highest BCUT2D eigenvalue weighted by Gasteiger charge is 2.38. The molecular formula is C22H27NO7. The van der Waals surface area contributed by atoms with Crippen LogP contribution in [0.15, 0.2) is 40.7 Å². The lowest BCUT2D eigenvalue weighted by molar-refractivity contribution is -0.139. The van der Waals surface area contributed by atoms with E-state index in [1.165, 1.54) is 14.0 Å². The minimum absolute atomic E-state index is 0.189. The van der Waals surface area contributed by atoms with Gasteiger partial charge < -0.3 is 24.3 Å². The summed E-state index contributed by atoms with van der Waals surface area (Å²) in [6.45, 7) is 8.58. The summed E-state index contributed by atoms with van der Waals surface area (Å²) in [5.41, 5.74) is 2.34. The summed E-state index contributed by atoms with van der Waals surface area (Å²) in [5.74, 6) is -1.78. The molecule has 30 heavy (non-hydrogen) atoms. The minimum Gasteiger partial charge on any atom is -0.493 e. The van der Waals surface area contributed by atoms with Crippen LogP contribution in [0, 0.1) is 0 Å². The van der Waals surface area contributed by atoms with Crippen molar-refractivity contribution in [3.63, 3.8) is 0 Å². The Bertz CT molecular complexity index is 874. The van der Waals surface area contributed by atoms with Gasteiger partial charge in [0.2, 0.25) is 0 Å². The average molecular weight is 417 g/mol. The first-order valence-corrected chi connectivity index (χ1v) is 9.64. The molecule has 0 aliphatic carbocycles. The van der Waals surface area contributed by atoms with Crippen LogP contribution in [0.1, 0.15) is 46.1 Å². The molecule has 8 heteroatoms. The van der Waals surface area contributed by atoms with Gasteiger partial charge in [0, 0.05) is 18.3 Å². The average Bonchev–Trinajstić information content (AvgIpc) is 2.67. The highest BCUT2D eigenvalue weighted by atomic mass is 16.6. The summed E-state index contributed by atoms with van der Waals surface area (Å²) in [6, 6.07) is 4.87. The van der Waals surface area contributed by atoms with Gasteiger partial charge in [0.25, 0.3) is 0 Å². The number of hydrogen-bond donors (Lipinski definition) is 1. The van der Waals surface area contributed by atoms with E-state index in [1.807, 2.05) is 0 Å². The molecule has 1 aromatic carbocycles. The predicted octanol–water partition coefficient (Wildman–Crippen LogP) is 2.98. The van der Waals surface area contributed by atoms with Crippen LogP contribution in [0.25, 0.3) is 0 Å². The van der Waals surface area contributed by atoms with Gasteiger partial charge in [-0.15, -0.1) is 0 Å². The van der Waals surface area contributed by atoms with Crippen molar-refractivity contribution < 1.29 is 33.3 Å². The maximum Gasteiger partial charge on any atom is 0.336 e. The summed E-state index contributed by atoms with van der Waals surface area (Å²) >= 11 is 0. The van der Waals surface area contributed by atoms with Crippen LogP contribution in [0.2, 0.25) is 0 Å². The molecule has 1 aromatic rings. The molecule has 162 valence electrons. The normalized spacial score (nSPS) is 14.2. The van der Waals surface area contributed by atoms with Crippen LogP contribution in [0.5, 0.6) is 11.5 Å². The largest absolute Gasteiger partial charge is 0.493 e. The maximum atomic E-state index is 12.8. The fourth-order valence-electron chi connectivity index (χ4n) is 3.39. The number of methoxy groups -OCH3 is 1. The van der Waals surface area contributed by atoms with Crippen molar-refractivity contribution in [3.05, 3.63) is 46.3 Å². The van der Waals surface area contributed by atoms with Gasteiger partial charge in [0.15, 0.2) is 11.5 Å². The molecule has 0 fully saturated rings. The number of carbonyl (C=O) groups is 3. The summed E-state index contributed by atoms with van der Waals surface area (Å²) in [4.78, 5) is 37.0. The van der Waals surface area contributed by atoms with Crippen molar-refractivity contribution >= 4 is 17.9 Å². The number of nitrogens with one attached hydrogen (secondary N) is 1. The number of carbonyl (C=O) groups excluding carboxylic acids is 3. The molecule has 0 saturated heterocycles. The molecule has 8 nitrogen and oxygen atoms in total. The summed E-state index contributed by atoms with van der Waals surface area (Å²) in [6.07, 6.45) is 0. The molecule has 0 radical (unpaired) electrons. The molecule has 0 spiro atoms. The second kappa shape index (κ2) is 9.96. The Morgan fingerprint density at radius 2 is 1.47 bits per heavy atom. The standard InChI is InChI=1S/C22H27NO7/c1-7-28-21(25)18-12(3)23-13(4)19(22(26)29-8-2)20(18)15-9-10-16(30-14(5)24)17(11-15)27-6/h9-11,20,23H,7-8H2,1-6H3. The van der Waals surface area contributed by atoms with Gasteiger partial charge in [-0.3, -0.25) is 4.79 Å². The third kappa shape index (κ3) is 4.82. The molecular weight excluding hydrogens is 390 g/mol. The Morgan fingerprint density at radius 1 is 0.933 bits per heavy atom. The minimum atomic E-state index is -0.746. The zero-order chi connectivity index (χ0) is 22.4. The Hall–Kier alpha value is -3.29. The number of dihydropyridines is 1. The zero-order valence-corrected chi connectivity index (χ0v) is 18.1. The third-order valence-electron chi connectivity index (χ3n) is 4.53. The van der Waals surface area contributed by atoms with E-state index in [-0.39, 0.29) is 19.0 Å². The summed E-state index contributed by atoms with van der Waals surface area (Å²) in [7, 11) is 1.44. The van der Waals surface area contributed by atoms with E-state index >= 15 is 0 Å². The molecule has 1 heterocycles. The fourth-order valence-corrected chi connectivity index (χ4v) is 3.39. The highest BCUT2D eigenvalue weighted by Crippen LogP contribution is 2.42. The second-order valence-electron chi connectivity index (χ2n) is 6.58. The van der Waals surface area contributed by atoms with Crippen LogP contribution < -0.4 is 14.8 Å². The number of esters is 3. The van der Waals surface area contributed by atoms with E-state index in [4.69, 9.17) is 18.9 Å². The quantitative estimate of drug-likeness (QED) is 0.534. The predicted molar refractivity (Wildman–Crippen MR) is 109 cm³/mol. The monoisotopic (exact) mass is 417 g/mol. The lowest BCUT2D eigenvalue weighted by atomic mass is 9.80. The van der Waals surface area contributed by atoms with E-state index in [0.29, 0.717) is 33.9 Å². The molecule has 1 N–H and O–H groups in total. The molecule has 0 bridgehead atoms. The highest BCUT2D eigenvalue weighted by molar-refractivity contribution is 6.00. The number of rotatable bonds is 7. The summed E-state index contributed by atoms with van der Waals surface area (Å²) in [5, 5.41) is 3.08. The molecule has 0 atom stereocenters. The Balaban J connectivity index is 2.68. The van der Waals surface area contributed by atoms with E-state index < -0.39 is 23.8 Å². The van der Waals surface area contributed by atoms with Crippen molar-refractivity contribution in [1.82, 2.24) is 5.32 Å². The lowest BCUT2D eigenvalue weighted by Crippen LogP contribution is -2.32. The van der Waals surface area contributed by atoms with Gasteiger partial charge in [-0.25, -0.2) is 9.59 Å². The number of hydrogen-bond acceptors (Lipinski definition) is 8. The molecule has 0 amide bonds. The van der Waals surface area contributed by atoms with Gasteiger partial charge in [0.1, 0.15) is 0 Å². The maximum absolute atomic E-state index is 12.8. The number of benzene rings is 1. The fraction of sp³-hybridized carbons (Fsp3) is 0.409. The first-order chi connectivity index (χ1) is 14.2. The van der Waals surface area contributed by atoms with Gasteiger partial charge in [-0.05, 0) is 45.4 Å². The molecule has 0 unspecified atom stereocenters. The Kier molecular flexibility index (Phi) is 7.63. The van der Waals surface area contributed by atoms with Crippen molar-refractivity contribution in [2.24, 2.45) is 0 Å². The van der Waals surface area contributed by atoms with Crippen LogP contribution in [-0.4, -0.2) is 38.2 Å². The first-order valence-electron chi connectivity index (χ1n) is 9.64. The molecule has 1 aliphatic heterocycles. The van der Waals surface area contributed by atoms with E-state index in [0.717, 1.165) is 0 Å². The van der Waals surface area contributed by atoms with Crippen LogP contribution in [0.3, 0.4) is 0 Å². The lowest BCUT2D eigenvalue weighted by Gasteiger charge is -2.30. The zero-order valence-electron chi connectivity index (χ0n) is 18.1. The molecule has 0 aromatic heterocycles. The Morgan fingerprint density at radius 3 is 1.90 bits per heavy atom. The van der Waals surface area contributed by atoms with Gasteiger partial charge >= 0.3 is 17.9 Å². The van der Waals surface area contributed by atoms with Crippen molar-refractivity contribution in [1.29, 1.82) is 0 Å². The van der Waals surface area contributed by atoms with Crippen LogP contribution >= 0.6 is 0 Å². The first kappa shape index (κ1) is 23.0. The van der Waals surface area contributed by atoms with Crippen molar-refractivity contribution in [3.8, 4) is 11.5 Å². The topological polar surface area (TPSA) is 100 Å². The smallest absolute Gasteiger partial charge is 0.336 e. The Labute approximate surface area is 175 Å². The number of ether oxygens (including phenoxy) is 4. The molecule has 0 saturated carbocycles. The number of allylic oxidation sites excluding steroid dienone is 2. The summed E-state index contributed by atoms with van der Waals surface area (Å²) < 4.78 is 21.0. The van der Waals surface area contributed by atoms with Crippen LogP contribution in [0.4, 0.5) is 0 Å². The van der Waals surface area contributed by atoms with Crippen molar-refractivity contribution in [2.75, 3.05) is 20.3 Å². The van der Waals surface area contributed by atoms with E-state index in [1.54, 1.807) is 45.9 Å². The van der Waals surface area contributed by atoms with Gasteiger partial charge in [-0.1, -0.05) is 6.07 Å². The second-order valence-corrected chi connectivity index (χ2v) is 6.58. The van der Waals surface area contributed by atoms with Gasteiger partial charge in [-0.2, -0.15) is 0 Å². The third-order valence-corrected chi connectivity index (χ3v) is 4.53. The van der Waals surface area contributed by atoms with Gasteiger partial charge in [0.05, 0.1) is 37.4 Å². The van der Waals surface area contributed by atoms with Crippen molar-refractivity contribution in [2.45, 2.75) is 40.5 Å². The van der Waals surface area contributed by atoms with Crippen LogP contribution in [-0.2, 0) is 23.9 Å². The van der Waals surface area contributed by atoms with E-state index in [2.05, 4.69) is 5.32 Å². The SMILES string of the molecule is CCOC(=O)C1=C(C)NC(C)=C(C(=O)OCC)C1c1ccc(OC(C)=O)c(OC)c1.